The predicted octanol–water partition coefficient (Wildman–Crippen LogP) is 3.37. The van der Waals surface area contributed by atoms with Gasteiger partial charge in [0.25, 0.3) is 5.91 Å². The summed E-state index contributed by atoms with van der Waals surface area (Å²) >= 11 is 1.75. The third-order valence-corrected chi connectivity index (χ3v) is 6.55. The molecule has 2 amide bonds. The van der Waals surface area contributed by atoms with Crippen molar-refractivity contribution in [2.45, 2.75) is 24.4 Å². The fraction of sp³-hybridized carbons (Fsp3) is 0.364. The van der Waals surface area contributed by atoms with Gasteiger partial charge in [-0.05, 0) is 55.2 Å². The summed E-state index contributed by atoms with van der Waals surface area (Å²) in [4.78, 5) is 28.4. The Balaban J connectivity index is 1.71. The van der Waals surface area contributed by atoms with Crippen molar-refractivity contribution in [2.75, 3.05) is 29.3 Å². The van der Waals surface area contributed by atoms with Gasteiger partial charge in [-0.25, -0.2) is 4.39 Å². The van der Waals surface area contributed by atoms with E-state index in [1.807, 2.05) is 30.5 Å². The first kappa shape index (κ1) is 19.9. The first-order valence-electron chi connectivity index (χ1n) is 9.68. The van der Waals surface area contributed by atoms with Gasteiger partial charge in [-0.3, -0.25) is 14.9 Å². The Morgan fingerprint density at radius 1 is 1.28 bits per heavy atom. The number of rotatable bonds is 5. The Kier molecular flexibility index (Phi) is 5.36. The number of halogens is 1. The molecular formula is C22H24FN3O2S. The highest BCUT2D eigenvalue weighted by Crippen LogP contribution is 2.49. The van der Waals surface area contributed by atoms with E-state index in [2.05, 4.69) is 10.6 Å². The van der Waals surface area contributed by atoms with Crippen molar-refractivity contribution in [1.29, 1.82) is 0 Å². The van der Waals surface area contributed by atoms with Gasteiger partial charge in [0.15, 0.2) is 0 Å². The standard InChI is InChI=1S/C22H24FN3O2S/c1-26-19-6-4-3-5-17(19)22(21(26)28)18(13-16(25-22)11-12-29-2)20(27)24-15-9-7-14(23)8-10-15/h3-10,16,18,25H,11-13H2,1-2H3,(H,24,27). The number of carbonyl (C=O) groups excluding carboxylic acids is 2. The summed E-state index contributed by atoms with van der Waals surface area (Å²) in [6.07, 6.45) is 3.50. The summed E-state index contributed by atoms with van der Waals surface area (Å²) in [6, 6.07) is 13.4. The van der Waals surface area contributed by atoms with Crippen LogP contribution in [0.25, 0.3) is 0 Å². The zero-order chi connectivity index (χ0) is 20.6. The number of likely N-dealkylation sites (N-methyl/N-ethyl adjacent to an activating group) is 1. The van der Waals surface area contributed by atoms with Crippen LogP contribution < -0.4 is 15.5 Å². The molecule has 3 unspecified atom stereocenters. The lowest BCUT2D eigenvalue weighted by molar-refractivity contribution is -0.131. The van der Waals surface area contributed by atoms with Gasteiger partial charge in [0.1, 0.15) is 11.4 Å². The number of benzene rings is 2. The molecule has 4 rings (SSSR count). The summed E-state index contributed by atoms with van der Waals surface area (Å²) in [7, 11) is 1.75. The molecule has 2 aromatic carbocycles. The molecule has 0 bridgehead atoms. The fourth-order valence-electron chi connectivity index (χ4n) is 4.52. The number of anilines is 2. The van der Waals surface area contributed by atoms with Gasteiger partial charge in [-0.1, -0.05) is 18.2 Å². The molecule has 29 heavy (non-hydrogen) atoms. The van der Waals surface area contributed by atoms with Gasteiger partial charge >= 0.3 is 0 Å². The number of hydrogen-bond donors (Lipinski definition) is 2. The SMILES string of the molecule is CSCCC1CC(C(=O)Nc2ccc(F)cc2)C2(N1)C(=O)N(C)c1ccccc12. The Morgan fingerprint density at radius 2 is 2.00 bits per heavy atom. The minimum Gasteiger partial charge on any atom is -0.326 e. The first-order chi connectivity index (χ1) is 14.0. The largest absolute Gasteiger partial charge is 0.326 e. The number of hydrogen-bond acceptors (Lipinski definition) is 4. The van der Waals surface area contributed by atoms with Crippen molar-refractivity contribution in [3.8, 4) is 0 Å². The highest BCUT2D eigenvalue weighted by Gasteiger charge is 2.61. The summed E-state index contributed by atoms with van der Waals surface area (Å²) in [5, 5.41) is 6.42. The molecule has 152 valence electrons. The maximum atomic E-state index is 13.4. The Labute approximate surface area is 174 Å². The molecule has 1 spiro atoms. The van der Waals surface area contributed by atoms with Crippen LogP contribution in [0.3, 0.4) is 0 Å². The van der Waals surface area contributed by atoms with Crippen molar-refractivity contribution in [3.05, 3.63) is 59.9 Å². The third-order valence-electron chi connectivity index (χ3n) is 5.91. The van der Waals surface area contributed by atoms with Gasteiger partial charge in [-0.2, -0.15) is 11.8 Å². The highest BCUT2D eigenvalue weighted by atomic mass is 32.2. The normalized spacial score (nSPS) is 25.5. The average Bonchev–Trinajstić information content (AvgIpc) is 3.22. The van der Waals surface area contributed by atoms with Gasteiger partial charge in [0, 0.05) is 30.0 Å². The van der Waals surface area contributed by atoms with Gasteiger partial charge < -0.3 is 10.2 Å². The van der Waals surface area contributed by atoms with Crippen LogP contribution in [-0.4, -0.2) is 36.9 Å². The van der Waals surface area contributed by atoms with Crippen LogP contribution in [0.4, 0.5) is 15.8 Å². The molecule has 0 aromatic heterocycles. The molecule has 2 aliphatic heterocycles. The first-order valence-corrected chi connectivity index (χ1v) is 11.1. The lowest BCUT2D eigenvalue weighted by Gasteiger charge is -2.30. The van der Waals surface area contributed by atoms with E-state index in [4.69, 9.17) is 0 Å². The Hall–Kier alpha value is -2.38. The molecule has 0 aliphatic carbocycles. The minimum atomic E-state index is -1.07. The lowest BCUT2D eigenvalue weighted by Crippen LogP contribution is -2.54. The highest BCUT2D eigenvalue weighted by molar-refractivity contribution is 7.98. The molecule has 1 fully saturated rings. The van der Waals surface area contributed by atoms with Gasteiger partial charge in [0.2, 0.25) is 5.91 Å². The van der Waals surface area contributed by atoms with E-state index in [0.717, 1.165) is 23.4 Å². The van der Waals surface area contributed by atoms with E-state index < -0.39 is 11.5 Å². The molecule has 5 nitrogen and oxygen atoms in total. The van der Waals surface area contributed by atoms with E-state index in [-0.39, 0.29) is 23.7 Å². The summed E-state index contributed by atoms with van der Waals surface area (Å²) in [5.41, 5.74) is 1.12. The second-order valence-electron chi connectivity index (χ2n) is 7.60. The van der Waals surface area contributed by atoms with Gasteiger partial charge in [0.05, 0.1) is 5.92 Å². The zero-order valence-corrected chi connectivity index (χ0v) is 17.3. The van der Waals surface area contributed by atoms with Crippen molar-refractivity contribution >= 4 is 35.0 Å². The van der Waals surface area contributed by atoms with Crippen LogP contribution in [0, 0.1) is 11.7 Å². The lowest BCUT2D eigenvalue weighted by atomic mass is 9.79. The number of amides is 2. The van der Waals surface area contributed by atoms with Crippen molar-refractivity contribution in [2.24, 2.45) is 5.92 Å². The van der Waals surface area contributed by atoms with E-state index in [0.29, 0.717) is 12.1 Å². The topological polar surface area (TPSA) is 61.4 Å². The van der Waals surface area contributed by atoms with Crippen molar-refractivity contribution in [1.82, 2.24) is 5.32 Å². The number of fused-ring (bicyclic) bond motifs is 2. The van der Waals surface area contributed by atoms with Crippen LogP contribution in [-0.2, 0) is 15.1 Å². The number of thioether (sulfide) groups is 1. The van der Waals surface area contributed by atoms with Crippen LogP contribution >= 0.6 is 11.8 Å². The van der Waals surface area contributed by atoms with Crippen molar-refractivity contribution < 1.29 is 14.0 Å². The van der Waals surface area contributed by atoms with E-state index in [1.165, 1.54) is 24.3 Å². The Morgan fingerprint density at radius 3 is 2.72 bits per heavy atom. The smallest absolute Gasteiger partial charge is 0.252 e. The maximum Gasteiger partial charge on any atom is 0.252 e. The fourth-order valence-corrected chi connectivity index (χ4v) is 5.04. The molecule has 3 atom stereocenters. The molecule has 1 saturated heterocycles. The summed E-state index contributed by atoms with van der Waals surface area (Å²) in [6.45, 7) is 0. The van der Waals surface area contributed by atoms with Crippen molar-refractivity contribution in [3.63, 3.8) is 0 Å². The number of para-hydroxylation sites is 1. The zero-order valence-electron chi connectivity index (χ0n) is 16.4. The molecule has 2 N–H and O–H groups in total. The second kappa shape index (κ2) is 7.80. The predicted molar refractivity (Wildman–Crippen MR) is 115 cm³/mol. The van der Waals surface area contributed by atoms with Gasteiger partial charge in [-0.15, -0.1) is 0 Å². The molecule has 2 heterocycles. The minimum absolute atomic E-state index is 0.0647. The third kappa shape index (κ3) is 3.32. The number of nitrogens with one attached hydrogen (secondary N) is 2. The molecule has 0 radical (unpaired) electrons. The van der Waals surface area contributed by atoms with Crippen LogP contribution in [0.15, 0.2) is 48.5 Å². The molecule has 2 aromatic rings. The second-order valence-corrected chi connectivity index (χ2v) is 8.58. The number of carbonyl (C=O) groups is 2. The van der Waals surface area contributed by atoms with Crippen LogP contribution in [0.1, 0.15) is 18.4 Å². The molecular weight excluding hydrogens is 389 g/mol. The number of nitrogens with zero attached hydrogens (tertiary/aromatic N) is 1. The van der Waals surface area contributed by atoms with E-state index in [1.54, 1.807) is 23.7 Å². The maximum absolute atomic E-state index is 13.4. The Bertz CT molecular complexity index is 936. The molecule has 7 heteroatoms. The van der Waals surface area contributed by atoms with E-state index in [9.17, 15) is 14.0 Å². The molecule has 2 aliphatic rings. The summed E-state index contributed by atoms with van der Waals surface area (Å²) < 4.78 is 13.2. The van der Waals surface area contributed by atoms with E-state index >= 15 is 0 Å². The summed E-state index contributed by atoms with van der Waals surface area (Å²) in [5.74, 6) is -0.302. The quantitative estimate of drug-likeness (QED) is 0.789. The average molecular weight is 414 g/mol. The molecule has 0 saturated carbocycles. The van der Waals surface area contributed by atoms with Crippen LogP contribution in [0.5, 0.6) is 0 Å². The monoisotopic (exact) mass is 413 g/mol. The van der Waals surface area contributed by atoms with Crippen LogP contribution in [0.2, 0.25) is 0 Å².